The summed E-state index contributed by atoms with van der Waals surface area (Å²) in [5.41, 5.74) is 1.99. The molecule has 1 fully saturated rings. The zero-order chi connectivity index (χ0) is 21.6. The van der Waals surface area contributed by atoms with Crippen LogP contribution in [0.25, 0.3) is 0 Å². The minimum atomic E-state index is -0.255. The fraction of sp³-hybridized carbons (Fsp3) is 0.391. The van der Waals surface area contributed by atoms with Crippen LogP contribution in [0.4, 0.5) is 10.5 Å². The van der Waals surface area contributed by atoms with E-state index < -0.39 is 0 Å². The normalized spacial score (nSPS) is 17.7. The summed E-state index contributed by atoms with van der Waals surface area (Å²) >= 11 is 0. The fourth-order valence-corrected chi connectivity index (χ4v) is 3.82. The summed E-state index contributed by atoms with van der Waals surface area (Å²) in [4.78, 5) is 28.6. The van der Waals surface area contributed by atoms with E-state index in [0.29, 0.717) is 37.8 Å². The van der Waals surface area contributed by atoms with Crippen LogP contribution in [0.2, 0.25) is 0 Å². The number of ether oxygens (including phenoxy) is 2. The van der Waals surface area contributed by atoms with E-state index >= 15 is 0 Å². The third-order valence-corrected chi connectivity index (χ3v) is 5.37. The largest absolute Gasteiger partial charge is 0.486 e. The molecule has 2 aromatic rings. The molecule has 8 nitrogen and oxygen atoms in total. The molecule has 0 radical (unpaired) electrons. The first-order valence-electron chi connectivity index (χ1n) is 10.6. The summed E-state index contributed by atoms with van der Waals surface area (Å²) in [6.07, 6.45) is 0.274. The molecular formula is C23H28N4O4. The average molecular weight is 425 g/mol. The van der Waals surface area contributed by atoms with Crippen LogP contribution in [-0.2, 0) is 11.3 Å². The van der Waals surface area contributed by atoms with Gasteiger partial charge in [0.05, 0.1) is 6.04 Å². The van der Waals surface area contributed by atoms with E-state index in [1.54, 1.807) is 4.90 Å². The van der Waals surface area contributed by atoms with Crippen LogP contribution < -0.4 is 25.0 Å². The van der Waals surface area contributed by atoms with Gasteiger partial charge in [0.1, 0.15) is 13.2 Å². The molecule has 2 aliphatic heterocycles. The Morgan fingerprint density at radius 2 is 1.90 bits per heavy atom. The number of carbonyl (C=O) groups is 2. The highest BCUT2D eigenvalue weighted by molar-refractivity contribution is 5.97. The maximum absolute atomic E-state index is 12.5. The summed E-state index contributed by atoms with van der Waals surface area (Å²) < 4.78 is 11.1. The predicted octanol–water partition coefficient (Wildman–Crippen LogP) is 1.99. The standard InChI is InChI=1S/C23H28N4O4/c1-26(15-17-5-3-2-4-6-17)10-9-24-23(29)25-18-13-22(28)27(16-18)19-7-8-20-21(14-19)31-12-11-30-20/h2-8,14,18H,9-13,15-16H2,1H3,(H2,24,25,29)/t18-/m1/s1. The van der Waals surface area contributed by atoms with Crippen molar-refractivity contribution in [3.05, 3.63) is 54.1 Å². The molecule has 0 aromatic heterocycles. The fourth-order valence-electron chi connectivity index (χ4n) is 3.82. The van der Waals surface area contributed by atoms with Gasteiger partial charge in [-0.05, 0) is 24.7 Å². The summed E-state index contributed by atoms with van der Waals surface area (Å²) in [5.74, 6) is 1.31. The molecule has 164 valence electrons. The van der Waals surface area contributed by atoms with Crippen LogP contribution in [0.15, 0.2) is 48.5 Å². The molecule has 0 unspecified atom stereocenters. The van der Waals surface area contributed by atoms with E-state index in [0.717, 1.165) is 18.8 Å². The summed E-state index contributed by atoms with van der Waals surface area (Å²) in [5, 5.41) is 5.79. The van der Waals surface area contributed by atoms with Gasteiger partial charge in [0, 0.05) is 44.4 Å². The maximum atomic E-state index is 12.5. The van der Waals surface area contributed by atoms with Crippen molar-refractivity contribution in [3.63, 3.8) is 0 Å². The van der Waals surface area contributed by atoms with Gasteiger partial charge in [0.15, 0.2) is 11.5 Å². The molecule has 1 atom stereocenters. The molecule has 0 bridgehead atoms. The second-order valence-corrected chi connectivity index (χ2v) is 7.86. The van der Waals surface area contributed by atoms with Crippen LogP contribution in [0.3, 0.4) is 0 Å². The molecule has 4 rings (SSSR count). The molecule has 2 aromatic carbocycles. The Labute approximate surface area is 182 Å². The van der Waals surface area contributed by atoms with Crippen LogP contribution in [0.1, 0.15) is 12.0 Å². The lowest BCUT2D eigenvalue weighted by Gasteiger charge is -2.22. The summed E-state index contributed by atoms with van der Waals surface area (Å²) in [7, 11) is 2.02. The van der Waals surface area contributed by atoms with Crippen molar-refractivity contribution in [2.24, 2.45) is 0 Å². The van der Waals surface area contributed by atoms with Gasteiger partial charge >= 0.3 is 6.03 Å². The van der Waals surface area contributed by atoms with Crippen molar-refractivity contribution in [2.75, 3.05) is 44.8 Å². The number of nitrogens with zero attached hydrogens (tertiary/aromatic N) is 2. The van der Waals surface area contributed by atoms with Crippen LogP contribution in [0.5, 0.6) is 11.5 Å². The number of hydrogen-bond donors (Lipinski definition) is 2. The minimum Gasteiger partial charge on any atom is -0.486 e. The molecule has 0 aliphatic carbocycles. The minimum absolute atomic E-state index is 0.0235. The molecule has 3 amide bonds. The Kier molecular flexibility index (Phi) is 6.57. The van der Waals surface area contributed by atoms with Crippen molar-refractivity contribution in [1.29, 1.82) is 0 Å². The van der Waals surface area contributed by atoms with E-state index in [4.69, 9.17) is 9.47 Å². The van der Waals surface area contributed by atoms with Gasteiger partial charge in [0.25, 0.3) is 0 Å². The van der Waals surface area contributed by atoms with Crippen molar-refractivity contribution >= 4 is 17.6 Å². The molecule has 2 N–H and O–H groups in total. The Bertz CT molecular complexity index is 921. The zero-order valence-electron chi connectivity index (χ0n) is 17.7. The van der Waals surface area contributed by atoms with Crippen molar-refractivity contribution < 1.29 is 19.1 Å². The number of benzene rings is 2. The molecule has 2 aliphatic rings. The number of nitrogens with one attached hydrogen (secondary N) is 2. The van der Waals surface area contributed by atoms with E-state index in [-0.39, 0.29) is 24.4 Å². The monoisotopic (exact) mass is 424 g/mol. The van der Waals surface area contributed by atoms with Gasteiger partial charge in [-0.15, -0.1) is 0 Å². The molecule has 8 heteroatoms. The zero-order valence-corrected chi connectivity index (χ0v) is 17.7. The number of urea groups is 1. The van der Waals surface area contributed by atoms with Crippen LogP contribution >= 0.6 is 0 Å². The lowest BCUT2D eigenvalue weighted by molar-refractivity contribution is -0.117. The Balaban J connectivity index is 1.22. The Morgan fingerprint density at radius 1 is 1.13 bits per heavy atom. The van der Waals surface area contributed by atoms with Gasteiger partial charge in [-0.2, -0.15) is 0 Å². The van der Waals surface area contributed by atoms with Crippen molar-refractivity contribution in [2.45, 2.75) is 19.0 Å². The van der Waals surface area contributed by atoms with E-state index in [1.165, 1.54) is 5.56 Å². The number of anilines is 1. The smallest absolute Gasteiger partial charge is 0.315 e. The second kappa shape index (κ2) is 9.70. The first-order chi connectivity index (χ1) is 15.1. The first kappa shape index (κ1) is 21.0. The second-order valence-electron chi connectivity index (χ2n) is 7.86. The number of carbonyl (C=O) groups excluding carboxylic acids is 2. The number of hydrogen-bond acceptors (Lipinski definition) is 5. The molecule has 0 spiro atoms. The van der Waals surface area contributed by atoms with Crippen molar-refractivity contribution in [3.8, 4) is 11.5 Å². The number of likely N-dealkylation sites (N-methyl/N-ethyl adjacent to an activating group) is 1. The highest BCUT2D eigenvalue weighted by atomic mass is 16.6. The van der Waals surface area contributed by atoms with Gasteiger partial charge < -0.3 is 29.9 Å². The van der Waals surface area contributed by atoms with Crippen LogP contribution in [-0.4, -0.2) is 62.8 Å². The highest BCUT2D eigenvalue weighted by Gasteiger charge is 2.32. The third kappa shape index (κ3) is 5.46. The van der Waals surface area contributed by atoms with Crippen LogP contribution in [0, 0.1) is 0 Å². The molecule has 0 saturated carbocycles. The van der Waals surface area contributed by atoms with Gasteiger partial charge in [-0.25, -0.2) is 4.79 Å². The van der Waals surface area contributed by atoms with E-state index in [2.05, 4.69) is 27.7 Å². The summed E-state index contributed by atoms with van der Waals surface area (Å²) in [6.45, 7) is 3.54. The third-order valence-electron chi connectivity index (χ3n) is 5.37. The molecular weight excluding hydrogens is 396 g/mol. The first-order valence-corrected chi connectivity index (χ1v) is 10.6. The highest BCUT2D eigenvalue weighted by Crippen LogP contribution is 2.35. The van der Waals surface area contributed by atoms with Gasteiger partial charge in [-0.3, -0.25) is 4.79 Å². The number of amides is 3. The lowest BCUT2D eigenvalue weighted by Crippen LogP contribution is -2.45. The lowest BCUT2D eigenvalue weighted by atomic mass is 10.2. The van der Waals surface area contributed by atoms with Gasteiger partial charge in [0.2, 0.25) is 5.91 Å². The predicted molar refractivity (Wildman–Crippen MR) is 118 cm³/mol. The maximum Gasteiger partial charge on any atom is 0.315 e. The van der Waals surface area contributed by atoms with E-state index in [9.17, 15) is 9.59 Å². The molecule has 2 heterocycles. The Morgan fingerprint density at radius 3 is 2.71 bits per heavy atom. The van der Waals surface area contributed by atoms with E-state index in [1.807, 2.05) is 43.4 Å². The quantitative estimate of drug-likeness (QED) is 0.710. The number of rotatable bonds is 7. The average Bonchev–Trinajstić information content (AvgIpc) is 3.13. The summed E-state index contributed by atoms with van der Waals surface area (Å²) in [6, 6.07) is 15.2. The Hall–Kier alpha value is -3.26. The molecule has 31 heavy (non-hydrogen) atoms. The number of fused-ring (bicyclic) bond motifs is 1. The molecule has 1 saturated heterocycles. The topological polar surface area (TPSA) is 83.1 Å². The SMILES string of the molecule is CN(CCNC(=O)N[C@@H]1CC(=O)N(c2ccc3c(c2)OCCO3)C1)Cc1ccccc1. The van der Waals surface area contributed by atoms with Gasteiger partial charge in [-0.1, -0.05) is 30.3 Å². The van der Waals surface area contributed by atoms with Crippen molar-refractivity contribution in [1.82, 2.24) is 15.5 Å².